The Labute approximate surface area is 201 Å². The van der Waals surface area contributed by atoms with Crippen molar-refractivity contribution in [2.45, 2.75) is 11.3 Å². The van der Waals surface area contributed by atoms with Gasteiger partial charge in [-0.3, -0.25) is 9.59 Å². The summed E-state index contributed by atoms with van der Waals surface area (Å²) in [6.45, 7) is 0.205. The summed E-state index contributed by atoms with van der Waals surface area (Å²) in [6.07, 6.45) is 0.776. The highest BCUT2D eigenvalue weighted by atomic mass is 32.2. The van der Waals surface area contributed by atoms with E-state index in [1.807, 2.05) is 30.3 Å². The molecule has 1 aliphatic heterocycles. The third-order valence-corrected chi connectivity index (χ3v) is 6.33. The minimum Gasteiger partial charge on any atom is -0.452 e. The van der Waals surface area contributed by atoms with Crippen LogP contribution in [0.1, 0.15) is 21.5 Å². The Kier molecular flexibility index (Phi) is 7.25. The van der Waals surface area contributed by atoms with E-state index in [0.717, 1.165) is 17.7 Å². The van der Waals surface area contributed by atoms with Crippen LogP contribution in [0.15, 0.2) is 77.7 Å². The van der Waals surface area contributed by atoms with E-state index in [1.165, 1.54) is 11.8 Å². The first-order chi connectivity index (χ1) is 16.5. The van der Waals surface area contributed by atoms with Gasteiger partial charge in [0.15, 0.2) is 6.61 Å². The molecule has 8 heteroatoms. The van der Waals surface area contributed by atoms with Crippen molar-refractivity contribution in [3.8, 4) is 6.07 Å². The van der Waals surface area contributed by atoms with E-state index in [-0.39, 0.29) is 24.2 Å². The van der Waals surface area contributed by atoms with Gasteiger partial charge < -0.3 is 15.0 Å². The summed E-state index contributed by atoms with van der Waals surface area (Å²) in [5, 5.41) is 11.7. The molecule has 0 saturated heterocycles. The van der Waals surface area contributed by atoms with Gasteiger partial charge in [-0.25, -0.2) is 4.79 Å². The van der Waals surface area contributed by atoms with Gasteiger partial charge >= 0.3 is 5.97 Å². The Morgan fingerprint density at radius 1 is 1.03 bits per heavy atom. The molecule has 3 aromatic rings. The molecule has 3 aromatic carbocycles. The minimum absolute atomic E-state index is 0.0601. The number of benzene rings is 3. The van der Waals surface area contributed by atoms with Gasteiger partial charge in [-0.15, -0.1) is 11.8 Å². The van der Waals surface area contributed by atoms with Crippen LogP contribution in [0.3, 0.4) is 0 Å². The molecule has 0 saturated carbocycles. The molecule has 0 unspecified atom stereocenters. The third-order valence-electron chi connectivity index (χ3n) is 5.26. The van der Waals surface area contributed by atoms with Crippen LogP contribution in [-0.4, -0.2) is 36.7 Å². The van der Waals surface area contributed by atoms with Crippen LogP contribution in [0, 0.1) is 11.3 Å². The van der Waals surface area contributed by atoms with Crippen LogP contribution in [0.25, 0.3) is 0 Å². The van der Waals surface area contributed by atoms with Gasteiger partial charge in [0.2, 0.25) is 5.91 Å². The van der Waals surface area contributed by atoms with Crippen LogP contribution < -0.4 is 10.2 Å². The molecular formula is C26H21N3O4S. The molecule has 0 bridgehead atoms. The van der Waals surface area contributed by atoms with Crippen molar-refractivity contribution in [3.63, 3.8) is 0 Å². The zero-order valence-corrected chi connectivity index (χ0v) is 19.0. The molecule has 0 spiro atoms. The molecule has 0 radical (unpaired) electrons. The summed E-state index contributed by atoms with van der Waals surface area (Å²) < 4.78 is 5.31. The van der Waals surface area contributed by atoms with E-state index in [9.17, 15) is 14.4 Å². The quantitative estimate of drug-likeness (QED) is 0.413. The summed E-state index contributed by atoms with van der Waals surface area (Å²) in [4.78, 5) is 39.9. The second-order valence-corrected chi connectivity index (χ2v) is 8.54. The van der Waals surface area contributed by atoms with Crippen molar-refractivity contribution < 1.29 is 19.1 Å². The molecule has 1 aliphatic rings. The Hall–Kier alpha value is -4.09. The molecule has 1 N–H and O–H groups in total. The number of carbonyl (C=O) groups excluding carboxylic acids is 3. The van der Waals surface area contributed by atoms with Gasteiger partial charge in [0.1, 0.15) is 0 Å². The lowest BCUT2D eigenvalue weighted by Crippen LogP contribution is -2.33. The highest BCUT2D eigenvalue weighted by Gasteiger charge is 2.25. The lowest BCUT2D eigenvalue weighted by molar-refractivity contribution is -0.121. The molecule has 0 atom stereocenters. The van der Waals surface area contributed by atoms with Crippen LogP contribution in [0.5, 0.6) is 0 Å². The van der Waals surface area contributed by atoms with Gasteiger partial charge in [-0.05, 0) is 48.4 Å². The van der Waals surface area contributed by atoms with Crippen LogP contribution >= 0.6 is 11.8 Å². The summed E-state index contributed by atoms with van der Waals surface area (Å²) in [6, 6.07) is 23.1. The topological polar surface area (TPSA) is 99.5 Å². The standard InChI is InChI=1S/C26H21N3O4S/c27-15-18-6-5-8-20(14-18)28-24(30)17-34-23-11-4-2-9-21(23)26(32)33-16-25(31)29-13-12-19-7-1-3-10-22(19)29/h1-11,14H,12-13,16-17H2,(H,28,30). The lowest BCUT2D eigenvalue weighted by atomic mass is 10.2. The Bertz CT molecular complexity index is 1280. The molecular weight excluding hydrogens is 450 g/mol. The number of esters is 1. The van der Waals surface area contributed by atoms with E-state index in [0.29, 0.717) is 28.3 Å². The molecule has 170 valence electrons. The maximum Gasteiger partial charge on any atom is 0.339 e. The maximum absolute atomic E-state index is 12.7. The average Bonchev–Trinajstić information content (AvgIpc) is 3.30. The predicted octanol–water partition coefficient (Wildman–Crippen LogP) is 4.04. The Balaban J connectivity index is 1.33. The molecule has 0 aliphatic carbocycles. The van der Waals surface area contributed by atoms with E-state index in [4.69, 9.17) is 10.00 Å². The third kappa shape index (κ3) is 5.45. The van der Waals surface area contributed by atoms with Crippen molar-refractivity contribution in [2.24, 2.45) is 0 Å². The second-order valence-electron chi connectivity index (χ2n) is 7.53. The number of nitriles is 1. The molecule has 0 aromatic heterocycles. The smallest absolute Gasteiger partial charge is 0.339 e. The molecule has 4 rings (SSSR count). The number of nitrogens with zero attached hydrogens (tertiary/aromatic N) is 2. The molecule has 0 fully saturated rings. The number of anilines is 2. The van der Waals surface area contributed by atoms with Gasteiger partial charge in [-0.1, -0.05) is 36.4 Å². The highest BCUT2D eigenvalue weighted by Crippen LogP contribution is 2.28. The van der Waals surface area contributed by atoms with Crippen LogP contribution in [0.4, 0.5) is 11.4 Å². The largest absolute Gasteiger partial charge is 0.452 e. The van der Waals surface area contributed by atoms with Crippen molar-refractivity contribution in [3.05, 3.63) is 89.5 Å². The number of para-hydroxylation sites is 1. The Morgan fingerprint density at radius 3 is 2.68 bits per heavy atom. The van der Waals surface area contributed by atoms with E-state index in [2.05, 4.69) is 5.32 Å². The first-order valence-corrected chi connectivity index (χ1v) is 11.6. The first-order valence-electron chi connectivity index (χ1n) is 10.6. The summed E-state index contributed by atoms with van der Waals surface area (Å²) >= 11 is 1.19. The number of ether oxygens (including phenoxy) is 1. The number of thioether (sulfide) groups is 1. The van der Waals surface area contributed by atoms with Crippen LogP contribution in [-0.2, 0) is 20.7 Å². The summed E-state index contributed by atoms with van der Waals surface area (Å²) in [5.41, 5.74) is 3.22. The number of nitrogens with one attached hydrogen (secondary N) is 1. The van der Waals surface area contributed by atoms with Gasteiger partial charge in [0.25, 0.3) is 5.91 Å². The van der Waals surface area contributed by atoms with Gasteiger partial charge in [0, 0.05) is 22.8 Å². The fourth-order valence-electron chi connectivity index (χ4n) is 3.65. The average molecular weight is 472 g/mol. The number of hydrogen-bond acceptors (Lipinski definition) is 6. The number of hydrogen-bond donors (Lipinski definition) is 1. The number of amides is 2. The zero-order valence-electron chi connectivity index (χ0n) is 18.2. The molecule has 2 amide bonds. The lowest BCUT2D eigenvalue weighted by Gasteiger charge is -2.17. The summed E-state index contributed by atoms with van der Waals surface area (Å²) in [5.74, 6) is -1.11. The van der Waals surface area contributed by atoms with Crippen molar-refractivity contribution in [1.29, 1.82) is 5.26 Å². The van der Waals surface area contributed by atoms with E-state index < -0.39 is 5.97 Å². The van der Waals surface area contributed by atoms with E-state index >= 15 is 0 Å². The fourth-order valence-corrected chi connectivity index (χ4v) is 4.49. The van der Waals surface area contributed by atoms with Crippen LogP contribution in [0.2, 0.25) is 0 Å². The monoisotopic (exact) mass is 471 g/mol. The molecule has 34 heavy (non-hydrogen) atoms. The van der Waals surface area contributed by atoms with Crippen molar-refractivity contribution in [2.75, 3.05) is 29.1 Å². The fraction of sp³-hybridized carbons (Fsp3) is 0.154. The number of fused-ring (bicyclic) bond motifs is 1. The number of rotatable bonds is 7. The molecule has 1 heterocycles. The normalized spacial score (nSPS) is 11.9. The highest BCUT2D eigenvalue weighted by molar-refractivity contribution is 8.00. The summed E-state index contributed by atoms with van der Waals surface area (Å²) in [7, 11) is 0. The maximum atomic E-state index is 12.7. The Morgan fingerprint density at radius 2 is 1.82 bits per heavy atom. The SMILES string of the molecule is N#Cc1cccc(NC(=O)CSc2ccccc2C(=O)OCC(=O)N2CCc3ccccc32)c1. The van der Waals surface area contributed by atoms with Crippen molar-refractivity contribution >= 4 is 40.9 Å². The van der Waals surface area contributed by atoms with Gasteiger partial charge in [0.05, 0.1) is 22.9 Å². The second kappa shape index (κ2) is 10.7. The van der Waals surface area contributed by atoms with Crippen molar-refractivity contribution in [1.82, 2.24) is 0 Å². The minimum atomic E-state index is -0.619. The van der Waals surface area contributed by atoms with E-state index in [1.54, 1.807) is 53.4 Å². The molecule has 7 nitrogen and oxygen atoms in total. The zero-order chi connectivity index (χ0) is 23.9. The predicted molar refractivity (Wildman–Crippen MR) is 130 cm³/mol. The first kappa shape index (κ1) is 23.1. The number of carbonyl (C=O) groups is 3. The van der Waals surface area contributed by atoms with Gasteiger partial charge in [-0.2, -0.15) is 5.26 Å².